The number of amides is 2. The molecule has 0 fully saturated rings. The highest BCUT2D eigenvalue weighted by Gasteiger charge is 2.15. The predicted molar refractivity (Wildman–Crippen MR) is 78.4 cm³/mol. The van der Waals surface area contributed by atoms with Crippen LogP contribution in [0.25, 0.3) is 0 Å². The lowest BCUT2D eigenvalue weighted by atomic mass is 10.2. The zero-order chi connectivity index (χ0) is 15.2. The molecule has 0 aliphatic rings. The fourth-order valence-corrected chi connectivity index (χ4v) is 1.84. The van der Waals surface area contributed by atoms with E-state index >= 15 is 0 Å². The van der Waals surface area contributed by atoms with E-state index in [4.69, 9.17) is 0 Å². The van der Waals surface area contributed by atoms with Crippen LogP contribution in [0.3, 0.4) is 0 Å². The Balaban J connectivity index is 1.97. The molecular weight excluding hydrogens is 271 g/mol. The zero-order valence-electron chi connectivity index (χ0n) is 11.5. The lowest BCUT2D eigenvalue weighted by Gasteiger charge is -2.17. The number of carbonyl (C=O) groups excluding carboxylic acids is 2. The molecule has 0 aliphatic carbocycles. The van der Waals surface area contributed by atoms with Crippen molar-refractivity contribution in [3.05, 3.63) is 66.0 Å². The van der Waals surface area contributed by atoms with Crippen LogP contribution in [0.2, 0.25) is 0 Å². The van der Waals surface area contributed by atoms with Crippen molar-refractivity contribution in [2.45, 2.75) is 0 Å². The Labute approximate surface area is 122 Å². The summed E-state index contributed by atoms with van der Waals surface area (Å²) in [6.45, 7) is -0.151. The summed E-state index contributed by atoms with van der Waals surface area (Å²) in [7, 11) is 1.52. The van der Waals surface area contributed by atoms with Gasteiger partial charge in [0.05, 0.1) is 12.2 Å². The average Bonchev–Trinajstić information content (AvgIpc) is 2.49. The summed E-state index contributed by atoms with van der Waals surface area (Å²) in [6.07, 6.45) is 0. The first-order valence-electron chi connectivity index (χ1n) is 6.43. The first-order chi connectivity index (χ1) is 10.1. The van der Waals surface area contributed by atoms with Crippen LogP contribution in [0.4, 0.5) is 10.1 Å². The summed E-state index contributed by atoms with van der Waals surface area (Å²) in [5.74, 6) is -1.23. The van der Waals surface area contributed by atoms with Gasteiger partial charge < -0.3 is 10.2 Å². The van der Waals surface area contributed by atoms with Crippen molar-refractivity contribution in [2.75, 3.05) is 18.9 Å². The van der Waals surface area contributed by atoms with Gasteiger partial charge in [-0.25, -0.2) is 4.39 Å². The van der Waals surface area contributed by atoms with Crippen molar-refractivity contribution < 1.29 is 14.0 Å². The molecule has 0 saturated carbocycles. The normalized spacial score (nSPS) is 10.0. The number of anilines is 1. The second-order valence-electron chi connectivity index (χ2n) is 4.56. The minimum absolute atomic E-state index is 0.100. The van der Waals surface area contributed by atoms with E-state index in [1.54, 1.807) is 30.3 Å². The van der Waals surface area contributed by atoms with E-state index < -0.39 is 11.7 Å². The van der Waals surface area contributed by atoms with E-state index in [1.165, 1.54) is 30.1 Å². The number of likely N-dealkylation sites (N-methyl/N-ethyl adjacent to an activating group) is 1. The smallest absolute Gasteiger partial charge is 0.254 e. The number of hydrogen-bond donors (Lipinski definition) is 1. The maximum absolute atomic E-state index is 13.4. The molecule has 0 aromatic heterocycles. The van der Waals surface area contributed by atoms with Crippen LogP contribution < -0.4 is 5.32 Å². The van der Waals surface area contributed by atoms with Crippen LogP contribution in [0.15, 0.2) is 54.6 Å². The summed E-state index contributed by atoms with van der Waals surface area (Å²) in [6, 6.07) is 14.5. The minimum Gasteiger partial charge on any atom is -0.332 e. The predicted octanol–water partition coefficient (Wildman–Crippen LogP) is 2.54. The number of rotatable bonds is 4. The summed E-state index contributed by atoms with van der Waals surface area (Å²) in [4.78, 5) is 25.2. The number of nitrogens with zero attached hydrogens (tertiary/aromatic N) is 1. The second kappa shape index (κ2) is 6.65. The average molecular weight is 286 g/mol. The van der Waals surface area contributed by atoms with Gasteiger partial charge >= 0.3 is 0 Å². The van der Waals surface area contributed by atoms with Gasteiger partial charge in [0.15, 0.2) is 0 Å². The largest absolute Gasteiger partial charge is 0.332 e. The van der Waals surface area contributed by atoms with E-state index in [2.05, 4.69) is 5.32 Å². The van der Waals surface area contributed by atoms with Crippen LogP contribution in [0.5, 0.6) is 0 Å². The Kier molecular flexibility index (Phi) is 4.66. The van der Waals surface area contributed by atoms with Gasteiger partial charge in [0.1, 0.15) is 5.82 Å². The van der Waals surface area contributed by atoms with Gasteiger partial charge in [-0.2, -0.15) is 0 Å². The molecule has 2 aromatic carbocycles. The minimum atomic E-state index is -0.511. The van der Waals surface area contributed by atoms with Gasteiger partial charge in [0, 0.05) is 12.6 Å². The molecule has 21 heavy (non-hydrogen) atoms. The molecular formula is C16H15FN2O2. The van der Waals surface area contributed by atoms with E-state index in [-0.39, 0.29) is 18.1 Å². The molecule has 0 bridgehead atoms. The molecule has 0 aliphatic heterocycles. The maximum Gasteiger partial charge on any atom is 0.254 e. The third-order valence-electron chi connectivity index (χ3n) is 2.90. The Hall–Kier alpha value is -2.69. The molecule has 0 radical (unpaired) electrons. The van der Waals surface area contributed by atoms with E-state index in [1.807, 2.05) is 6.07 Å². The molecule has 0 atom stereocenters. The molecule has 0 heterocycles. The number of benzene rings is 2. The lowest BCUT2D eigenvalue weighted by molar-refractivity contribution is -0.116. The van der Waals surface area contributed by atoms with Gasteiger partial charge in [-0.15, -0.1) is 0 Å². The van der Waals surface area contributed by atoms with Crippen molar-refractivity contribution in [2.24, 2.45) is 0 Å². The topological polar surface area (TPSA) is 49.4 Å². The van der Waals surface area contributed by atoms with Crippen LogP contribution >= 0.6 is 0 Å². The van der Waals surface area contributed by atoms with Crippen LogP contribution in [0.1, 0.15) is 10.4 Å². The second-order valence-corrected chi connectivity index (χ2v) is 4.56. The van der Waals surface area contributed by atoms with Crippen molar-refractivity contribution >= 4 is 17.5 Å². The molecule has 4 nitrogen and oxygen atoms in total. The van der Waals surface area contributed by atoms with Crippen LogP contribution in [-0.2, 0) is 4.79 Å². The maximum atomic E-state index is 13.4. The fraction of sp³-hybridized carbons (Fsp3) is 0.125. The standard InChI is InChI=1S/C16H15FN2O2/c1-19(16(21)12-7-3-2-4-8-12)11-15(20)18-14-10-6-5-9-13(14)17/h2-10H,11H2,1H3,(H,18,20). The van der Waals surface area contributed by atoms with Gasteiger partial charge in [-0.1, -0.05) is 30.3 Å². The first kappa shape index (κ1) is 14.7. The molecule has 2 aromatic rings. The Morgan fingerprint density at radius 1 is 1.05 bits per heavy atom. The Morgan fingerprint density at radius 3 is 2.33 bits per heavy atom. The number of carbonyl (C=O) groups is 2. The fourth-order valence-electron chi connectivity index (χ4n) is 1.84. The lowest BCUT2D eigenvalue weighted by Crippen LogP contribution is -2.35. The van der Waals surface area contributed by atoms with Crippen molar-refractivity contribution in [3.8, 4) is 0 Å². The summed E-state index contributed by atoms with van der Waals surface area (Å²) in [5.41, 5.74) is 0.599. The molecule has 1 N–H and O–H groups in total. The SMILES string of the molecule is CN(CC(=O)Nc1ccccc1F)C(=O)c1ccccc1. The summed E-state index contributed by atoms with van der Waals surface area (Å²) in [5, 5.41) is 2.44. The van der Waals surface area contributed by atoms with Crippen LogP contribution in [0, 0.1) is 5.82 Å². The third kappa shape index (κ3) is 3.89. The van der Waals surface area contributed by atoms with Gasteiger partial charge in [-0.3, -0.25) is 9.59 Å². The van der Waals surface area contributed by atoms with Crippen molar-refractivity contribution in [1.82, 2.24) is 4.90 Å². The highest BCUT2D eigenvalue weighted by molar-refractivity contribution is 5.99. The van der Waals surface area contributed by atoms with E-state index in [0.717, 1.165) is 0 Å². The van der Waals surface area contributed by atoms with Gasteiger partial charge in [-0.05, 0) is 24.3 Å². The summed E-state index contributed by atoms with van der Waals surface area (Å²) < 4.78 is 13.4. The van der Waals surface area contributed by atoms with Crippen molar-refractivity contribution in [3.63, 3.8) is 0 Å². The van der Waals surface area contributed by atoms with Gasteiger partial charge in [0.25, 0.3) is 5.91 Å². The van der Waals surface area contributed by atoms with Crippen molar-refractivity contribution in [1.29, 1.82) is 0 Å². The molecule has 0 spiro atoms. The van der Waals surface area contributed by atoms with Crippen LogP contribution in [-0.4, -0.2) is 30.3 Å². The summed E-state index contributed by atoms with van der Waals surface area (Å²) >= 11 is 0. The molecule has 2 rings (SSSR count). The number of halogens is 1. The zero-order valence-corrected chi connectivity index (χ0v) is 11.5. The molecule has 0 saturated heterocycles. The van der Waals surface area contributed by atoms with E-state index in [9.17, 15) is 14.0 Å². The monoisotopic (exact) mass is 286 g/mol. The number of para-hydroxylation sites is 1. The first-order valence-corrected chi connectivity index (χ1v) is 6.43. The van der Waals surface area contributed by atoms with E-state index in [0.29, 0.717) is 5.56 Å². The quantitative estimate of drug-likeness (QED) is 0.939. The molecule has 108 valence electrons. The third-order valence-corrected chi connectivity index (χ3v) is 2.90. The highest BCUT2D eigenvalue weighted by atomic mass is 19.1. The number of hydrogen-bond acceptors (Lipinski definition) is 2. The Morgan fingerprint density at radius 2 is 1.67 bits per heavy atom. The highest BCUT2D eigenvalue weighted by Crippen LogP contribution is 2.12. The van der Waals surface area contributed by atoms with Gasteiger partial charge in [0.2, 0.25) is 5.91 Å². The Bertz CT molecular complexity index is 644. The molecule has 2 amide bonds. The molecule has 0 unspecified atom stereocenters. The molecule has 5 heteroatoms. The number of nitrogens with one attached hydrogen (secondary N) is 1.